The molecule has 0 bridgehead atoms. The molecule has 2 atom stereocenters. The molecule has 39 heavy (non-hydrogen) atoms. The topological polar surface area (TPSA) is 116 Å². The van der Waals surface area contributed by atoms with Gasteiger partial charge in [-0.05, 0) is 42.7 Å². The number of amides is 3. The summed E-state index contributed by atoms with van der Waals surface area (Å²) in [6.07, 6.45) is 2.72. The van der Waals surface area contributed by atoms with Gasteiger partial charge in [-0.1, -0.05) is 61.2 Å². The van der Waals surface area contributed by atoms with Crippen molar-refractivity contribution in [3.63, 3.8) is 0 Å². The first kappa shape index (κ1) is 26.4. The first-order valence-electron chi connectivity index (χ1n) is 12.9. The van der Waals surface area contributed by atoms with Gasteiger partial charge < -0.3 is 15.1 Å². The summed E-state index contributed by atoms with van der Waals surface area (Å²) < 4.78 is 5.30. The number of nitrogens with one attached hydrogen (secondary N) is 2. The lowest BCUT2D eigenvalue weighted by Gasteiger charge is -2.27. The second-order valence-corrected chi connectivity index (χ2v) is 10.3. The summed E-state index contributed by atoms with van der Waals surface area (Å²) in [4.78, 5) is 50.0. The number of hydrogen-bond donors (Lipinski definition) is 2. The lowest BCUT2D eigenvalue weighted by Crippen LogP contribution is -2.43. The fraction of sp³-hybridized carbons (Fsp3) is 0.276. The number of aliphatic imine (C=N–C) groups is 2. The van der Waals surface area contributed by atoms with Crippen molar-refractivity contribution in [3.05, 3.63) is 89.9 Å². The first-order chi connectivity index (χ1) is 19.0. The van der Waals surface area contributed by atoms with Crippen LogP contribution in [0.25, 0.3) is 0 Å². The minimum absolute atomic E-state index is 0.0609. The predicted octanol–water partition coefficient (Wildman–Crippen LogP) is 3.82. The van der Waals surface area contributed by atoms with Crippen LogP contribution in [0.15, 0.2) is 87.4 Å². The highest BCUT2D eigenvalue weighted by Crippen LogP contribution is 2.35. The molecule has 3 aromatic rings. The zero-order valence-corrected chi connectivity index (χ0v) is 22.3. The molecule has 2 aromatic carbocycles. The Morgan fingerprint density at radius 2 is 1.85 bits per heavy atom. The normalized spacial score (nSPS) is 16.6. The predicted molar refractivity (Wildman–Crippen MR) is 151 cm³/mol. The van der Waals surface area contributed by atoms with Crippen molar-refractivity contribution in [2.24, 2.45) is 9.98 Å². The first-order valence-corrected chi connectivity index (χ1v) is 13.8. The van der Waals surface area contributed by atoms with Crippen molar-refractivity contribution in [3.8, 4) is 0 Å². The summed E-state index contributed by atoms with van der Waals surface area (Å²) in [5.41, 5.74) is 2.51. The number of thioether (sulfide) groups is 1. The van der Waals surface area contributed by atoms with Crippen LogP contribution in [0.1, 0.15) is 36.7 Å². The molecule has 0 unspecified atom stereocenters. The Hall–Kier alpha value is -4.18. The second-order valence-electron chi connectivity index (χ2n) is 9.16. The standard InChI is InChI=1S/C29H29N5O4S/c1-2-24(27(36)31-18-20-11-8-16-38-20)39-29-33-22-13-7-6-12-21(22)26-32-23(28(37)34(26)29)17-25(35)30-15-14-19-9-4-3-5-10-19/h3-13,16,23-24H,2,14-15,17-18H2,1H3,(H,30,35)(H,31,36)/t23-,24-/m0/s1. The number of carbonyl (C=O) groups excluding carboxylic acids is 3. The van der Waals surface area contributed by atoms with Gasteiger partial charge in [0, 0.05) is 12.1 Å². The van der Waals surface area contributed by atoms with Gasteiger partial charge in [-0.25, -0.2) is 9.89 Å². The summed E-state index contributed by atoms with van der Waals surface area (Å²) >= 11 is 1.22. The maximum absolute atomic E-state index is 13.5. The lowest BCUT2D eigenvalue weighted by atomic mass is 10.1. The molecule has 0 fully saturated rings. The van der Waals surface area contributed by atoms with E-state index < -0.39 is 11.3 Å². The Morgan fingerprint density at radius 3 is 2.62 bits per heavy atom. The highest BCUT2D eigenvalue weighted by atomic mass is 32.2. The summed E-state index contributed by atoms with van der Waals surface area (Å²) in [5, 5.41) is 5.68. The smallest absolute Gasteiger partial charge is 0.259 e. The van der Waals surface area contributed by atoms with E-state index in [0.717, 1.165) is 11.1 Å². The van der Waals surface area contributed by atoms with Gasteiger partial charge in [0.25, 0.3) is 5.91 Å². The van der Waals surface area contributed by atoms with Gasteiger partial charge in [0.1, 0.15) is 17.6 Å². The monoisotopic (exact) mass is 543 g/mol. The quantitative estimate of drug-likeness (QED) is 0.403. The third-order valence-corrected chi connectivity index (χ3v) is 7.75. The van der Waals surface area contributed by atoms with Crippen molar-refractivity contribution in [1.82, 2.24) is 15.5 Å². The number of fused-ring (bicyclic) bond motifs is 3. The molecule has 3 heterocycles. The molecular formula is C29H29N5O4S. The second kappa shape index (κ2) is 12.1. The van der Waals surface area contributed by atoms with E-state index in [9.17, 15) is 14.4 Å². The molecule has 3 amide bonds. The van der Waals surface area contributed by atoms with E-state index in [0.29, 0.717) is 41.8 Å². The summed E-state index contributed by atoms with van der Waals surface area (Å²) in [6.45, 7) is 2.65. The average Bonchev–Trinajstić information content (AvgIpc) is 3.59. The highest BCUT2D eigenvalue weighted by Gasteiger charge is 2.43. The third kappa shape index (κ3) is 6.12. The van der Waals surface area contributed by atoms with Gasteiger partial charge in [-0.3, -0.25) is 19.4 Å². The molecule has 0 aliphatic carbocycles. The summed E-state index contributed by atoms with van der Waals surface area (Å²) in [6, 6.07) is 20.0. The van der Waals surface area contributed by atoms with Gasteiger partial charge in [0.2, 0.25) is 11.8 Å². The van der Waals surface area contributed by atoms with Crippen molar-refractivity contribution in [2.45, 2.75) is 44.0 Å². The summed E-state index contributed by atoms with van der Waals surface area (Å²) in [7, 11) is 0. The molecule has 2 N–H and O–H groups in total. The molecule has 200 valence electrons. The largest absolute Gasteiger partial charge is 0.467 e. The molecule has 10 heteroatoms. The SMILES string of the molecule is CC[C@H](SC1=Nc2ccccc2C2=N[C@@H](CC(=O)NCCc3ccccc3)C(=O)N12)C(=O)NCc1ccco1. The zero-order chi connectivity index (χ0) is 27.2. The fourth-order valence-corrected chi connectivity index (χ4v) is 5.45. The zero-order valence-electron chi connectivity index (χ0n) is 21.5. The Labute approximate surface area is 230 Å². The molecule has 0 spiro atoms. The Kier molecular flexibility index (Phi) is 8.21. The van der Waals surface area contributed by atoms with Crippen LogP contribution in [-0.2, 0) is 27.3 Å². The maximum atomic E-state index is 13.5. The van der Waals surface area contributed by atoms with Crippen molar-refractivity contribution in [1.29, 1.82) is 0 Å². The lowest BCUT2D eigenvalue weighted by molar-refractivity contribution is -0.128. The Morgan fingerprint density at radius 1 is 1.05 bits per heavy atom. The number of amidine groups is 2. The van der Waals surface area contributed by atoms with E-state index >= 15 is 0 Å². The molecule has 5 rings (SSSR count). The third-order valence-electron chi connectivity index (χ3n) is 6.43. The average molecular weight is 544 g/mol. The number of hydrogen-bond acceptors (Lipinski definition) is 7. The number of benzene rings is 2. The fourth-order valence-electron chi connectivity index (χ4n) is 4.40. The molecule has 0 radical (unpaired) electrons. The van der Waals surface area contributed by atoms with Crippen LogP contribution in [0.3, 0.4) is 0 Å². The molecule has 0 saturated carbocycles. The van der Waals surface area contributed by atoms with E-state index in [4.69, 9.17) is 9.41 Å². The number of furan rings is 1. The molecule has 0 saturated heterocycles. The van der Waals surface area contributed by atoms with Crippen LogP contribution in [0, 0.1) is 0 Å². The summed E-state index contributed by atoms with van der Waals surface area (Å²) in [5.74, 6) is 0.369. The van der Waals surface area contributed by atoms with Gasteiger partial charge in [-0.2, -0.15) is 0 Å². The molecular weight excluding hydrogens is 514 g/mol. The number of carbonyl (C=O) groups is 3. The highest BCUT2D eigenvalue weighted by molar-refractivity contribution is 8.15. The van der Waals surface area contributed by atoms with E-state index in [2.05, 4.69) is 15.6 Å². The van der Waals surface area contributed by atoms with Crippen molar-refractivity contribution in [2.75, 3.05) is 6.54 Å². The van der Waals surface area contributed by atoms with Crippen LogP contribution < -0.4 is 10.6 Å². The van der Waals surface area contributed by atoms with Crippen LogP contribution in [0.4, 0.5) is 5.69 Å². The van der Waals surface area contributed by atoms with Crippen LogP contribution in [0.2, 0.25) is 0 Å². The van der Waals surface area contributed by atoms with Gasteiger partial charge >= 0.3 is 0 Å². The number of nitrogens with zero attached hydrogens (tertiary/aromatic N) is 3. The molecule has 2 aliphatic heterocycles. The number of rotatable bonds is 10. The minimum atomic E-state index is -0.860. The number of para-hydroxylation sites is 1. The van der Waals surface area contributed by atoms with E-state index in [1.54, 1.807) is 18.4 Å². The molecule has 2 aliphatic rings. The van der Waals surface area contributed by atoms with E-state index in [1.165, 1.54) is 16.7 Å². The van der Waals surface area contributed by atoms with E-state index in [1.807, 2.05) is 61.5 Å². The van der Waals surface area contributed by atoms with Crippen LogP contribution in [0.5, 0.6) is 0 Å². The van der Waals surface area contributed by atoms with E-state index in [-0.39, 0.29) is 30.7 Å². The Bertz CT molecular complexity index is 1400. The molecule has 9 nitrogen and oxygen atoms in total. The van der Waals surface area contributed by atoms with Crippen molar-refractivity contribution < 1.29 is 18.8 Å². The Balaban J connectivity index is 1.28. The van der Waals surface area contributed by atoms with Gasteiger partial charge in [0.05, 0.1) is 30.2 Å². The minimum Gasteiger partial charge on any atom is -0.467 e. The molecule has 1 aromatic heterocycles. The van der Waals surface area contributed by atoms with Crippen LogP contribution >= 0.6 is 11.8 Å². The van der Waals surface area contributed by atoms with Gasteiger partial charge in [0.15, 0.2) is 5.17 Å². The van der Waals surface area contributed by atoms with Crippen molar-refractivity contribution >= 4 is 46.2 Å². The maximum Gasteiger partial charge on any atom is 0.259 e. The van der Waals surface area contributed by atoms with Gasteiger partial charge in [-0.15, -0.1) is 0 Å². The van der Waals surface area contributed by atoms with Crippen LogP contribution in [-0.4, -0.2) is 51.5 Å².